The largest absolute Gasteiger partial charge is 0.495 e. The summed E-state index contributed by atoms with van der Waals surface area (Å²) in [7, 11) is 5.01. The molecule has 1 amide bonds. The third-order valence-electron chi connectivity index (χ3n) is 3.02. The van der Waals surface area contributed by atoms with E-state index in [1.165, 1.54) is 18.1 Å². The van der Waals surface area contributed by atoms with Gasteiger partial charge in [-0.2, -0.15) is 0 Å². The van der Waals surface area contributed by atoms with Crippen molar-refractivity contribution in [1.82, 2.24) is 4.90 Å². The van der Waals surface area contributed by atoms with Gasteiger partial charge >= 0.3 is 0 Å². The van der Waals surface area contributed by atoms with E-state index in [0.717, 1.165) is 0 Å². The van der Waals surface area contributed by atoms with Gasteiger partial charge in [-0.15, -0.1) is 0 Å². The van der Waals surface area contributed by atoms with Gasteiger partial charge in [0.1, 0.15) is 17.1 Å². The Morgan fingerprint density at radius 1 is 1.24 bits per heavy atom. The fourth-order valence-corrected chi connectivity index (χ4v) is 2.00. The highest BCUT2D eigenvalue weighted by atomic mass is 19.1. The summed E-state index contributed by atoms with van der Waals surface area (Å²) in [5.74, 6) is -0.292. The van der Waals surface area contributed by atoms with Gasteiger partial charge < -0.3 is 14.5 Å². The molecular formula is C12H15FN2O2. The van der Waals surface area contributed by atoms with Gasteiger partial charge in [-0.05, 0) is 12.1 Å². The van der Waals surface area contributed by atoms with Gasteiger partial charge in [0.05, 0.1) is 12.8 Å². The Balaban J connectivity index is 2.68. The van der Waals surface area contributed by atoms with Crippen LogP contribution < -0.4 is 9.64 Å². The minimum absolute atomic E-state index is 0.0897. The average Bonchev–Trinajstić information content (AvgIpc) is 2.43. The first kappa shape index (κ1) is 11.7. The number of fused-ring (bicyclic) bond motifs is 1. The number of amides is 1. The van der Waals surface area contributed by atoms with Crippen molar-refractivity contribution < 1.29 is 13.9 Å². The van der Waals surface area contributed by atoms with E-state index in [1.54, 1.807) is 13.1 Å². The second-order valence-electron chi connectivity index (χ2n) is 4.12. The van der Waals surface area contributed by atoms with Crippen molar-refractivity contribution in [2.24, 2.45) is 0 Å². The highest BCUT2D eigenvalue weighted by molar-refractivity contribution is 6.02. The monoisotopic (exact) mass is 238 g/mol. The molecule has 0 saturated heterocycles. The second-order valence-corrected chi connectivity index (χ2v) is 4.12. The zero-order valence-corrected chi connectivity index (χ0v) is 10.2. The topological polar surface area (TPSA) is 32.8 Å². The van der Waals surface area contributed by atoms with E-state index >= 15 is 0 Å². The Morgan fingerprint density at radius 2 is 1.88 bits per heavy atom. The van der Waals surface area contributed by atoms with E-state index in [1.807, 2.05) is 11.9 Å². The normalized spacial score (nSPS) is 15.6. The summed E-state index contributed by atoms with van der Waals surface area (Å²) in [4.78, 5) is 15.4. The molecular weight excluding hydrogens is 223 g/mol. The van der Waals surface area contributed by atoms with Gasteiger partial charge in [-0.1, -0.05) is 0 Å². The molecule has 2 rings (SSSR count). The Kier molecular flexibility index (Phi) is 2.92. The molecule has 0 N–H and O–H groups in total. The zero-order chi connectivity index (χ0) is 12.6. The lowest BCUT2D eigenvalue weighted by molar-refractivity contribution is 0.0800. The van der Waals surface area contributed by atoms with E-state index in [4.69, 9.17) is 4.74 Å². The fraction of sp³-hybridized carbons (Fsp3) is 0.417. The molecule has 0 radical (unpaired) electrons. The number of methoxy groups -OCH3 is 1. The van der Waals surface area contributed by atoms with Crippen LogP contribution in [0.15, 0.2) is 12.1 Å². The number of benzene rings is 1. The first-order valence-corrected chi connectivity index (χ1v) is 5.39. The van der Waals surface area contributed by atoms with Crippen molar-refractivity contribution >= 4 is 11.6 Å². The molecule has 1 aromatic carbocycles. The van der Waals surface area contributed by atoms with Gasteiger partial charge in [0.15, 0.2) is 0 Å². The molecule has 0 saturated carbocycles. The van der Waals surface area contributed by atoms with Crippen LogP contribution in [0.4, 0.5) is 10.1 Å². The predicted octanol–water partition coefficient (Wildman–Crippen LogP) is 1.36. The SMILES string of the molecule is COc1ccc(F)c2c1N(C)CCN(C)C2=O. The molecule has 1 heterocycles. The molecule has 0 aromatic heterocycles. The van der Waals surface area contributed by atoms with E-state index in [-0.39, 0.29) is 11.5 Å². The van der Waals surface area contributed by atoms with Gasteiger partial charge in [0.25, 0.3) is 5.91 Å². The van der Waals surface area contributed by atoms with Crippen molar-refractivity contribution in [3.63, 3.8) is 0 Å². The molecule has 0 spiro atoms. The number of rotatable bonds is 1. The summed E-state index contributed by atoms with van der Waals surface area (Å²) in [6.07, 6.45) is 0. The summed E-state index contributed by atoms with van der Waals surface area (Å²) < 4.78 is 19.0. The van der Waals surface area contributed by atoms with Crippen molar-refractivity contribution in [3.05, 3.63) is 23.5 Å². The number of nitrogens with zero attached hydrogens (tertiary/aromatic N) is 2. The molecule has 1 aliphatic rings. The molecule has 0 atom stereocenters. The number of halogens is 1. The molecule has 4 nitrogen and oxygen atoms in total. The summed E-state index contributed by atoms with van der Waals surface area (Å²) >= 11 is 0. The molecule has 1 aliphatic heterocycles. The molecule has 92 valence electrons. The lowest BCUT2D eigenvalue weighted by atomic mass is 10.1. The third-order valence-corrected chi connectivity index (χ3v) is 3.02. The number of hydrogen-bond acceptors (Lipinski definition) is 3. The maximum atomic E-state index is 13.8. The lowest BCUT2D eigenvalue weighted by Crippen LogP contribution is -2.30. The van der Waals surface area contributed by atoms with Crippen LogP contribution in [0.2, 0.25) is 0 Å². The van der Waals surface area contributed by atoms with Crippen LogP contribution in [0.25, 0.3) is 0 Å². The van der Waals surface area contributed by atoms with E-state index in [9.17, 15) is 9.18 Å². The zero-order valence-electron chi connectivity index (χ0n) is 10.2. The van der Waals surface area contributed by atoms with Gasteiger partial charge in [0, 0.05) is 27.2 Å². The maximum Gasteiger partial charge on any atom is 0.258 e. The third kappa shape index (κ3) is 1.81. The highest BCUT2D eigenvalue weighted by Crippen LogP contribution is 2.35. The first-order chi connectivity index (χ1) is 8.06. The molecule has 1 aromatic rings. The average molecular weight is 238 g/mol. The van der Waals surface area contributed by atoms with E-state index < -0.39 is 5.82 Å². The van der Waals surface area contributed by atoms with Crippen molar-refractivity contribution in [3.8, 4) is 5.75 Å². The van der Waals surface area contributed by atoms with Gasteiger partial charge in [0.2, 0.25) is 0 Å². The molecule has 0 bridgehead atoms. The predicted molar refractivity (Wildman–Crippen MR) is 63.2 cm³/mol. The highest BCUT2D eigenvalue weighted by Gasteiger charge is 2.28. The van der Waals surface area contributed by atoms with Crippen LogP contribution in [0.5, 0.6) is 5.75 Å². The standard InChI is InChI=1S/C12H15FN2O2/c1-14-6-7-15(2)12(16)10-8(13)4-5-9(17-3)11(10)14/h4-5H,6-7H2,1-3H3. The molecule has 0 aliphatic carbocycles. The molecule has 0 unspecified atom stereocenters. The van der Waals surface area contributed by atoms with Crippen LogP contribution in [0.1, 0.15) is 10.4 Å². The number of anilines is 1. The van der Waals surface area contributed by atoms with E-state index in [2.05, 4.69) is 0 Å². The lowest BCUT2D eigenvalue weighted by Gasteiger charge is -2.20. The molecule has 0 fully saturated rings. The first-order valence-electron chi connectivity index (χ1n) is 5.39. The van der Waals surface area contributed by atoms with Crippen LogP contribution in [0, 0.1) is 5.82 Å². The van der Waals surface area contributed by atoms with Gasteiger partial charge in [-0.25, -0.2) is 4.39 Å². The number of ether oxygens (including phenoxy) is 1. The number of hydrogen-bond donors (Lipinski definition) is 0. The summed E-state index contributed by atoms with van der Waals surface area (Å²) in [6.45, 7) is 1.21. The maximum absolute atomic E-state index is 13.8. The van der Waals surface area contributed by atoms with Crippen molar-refractivity contribution in [2.45, 2.75) is 0 Å². The second kappa shape index (κ2) is 4.24. The molecule has 17 heavy (non-hydrogen) atoms. The van der Waals surface area contributed by atoms with Crippen LogP contribution >= 0.6 is 0 Å². The summed E-state index contributed by atoms with van der Waals surface area (Å²) in [5, 5.41) is 0. The van der Waals surface area contributed by atoms with Crippen molar-refractivity contribution in [1.29, 1.82) is 0 Å². The number of carbonyl (C=O) groups excluding carboxylic acids is 1. The Morgan fingerprint density at radius 3 is 2.53 bits per heavy atom. The minimum Gasteiger partial charge on any atom is -0.495 e. The van der Waals surface area contributed by atoms with Crippen molar-refractivity contribution in [2.75, 3.05) is 39.2 Å². The van der Waals surface area contributed by atoms with Crippen LogP contribution in [0.3, 0.4) is 0 Å². The molecule has 5 heteroatoms. The summed E-state index contributed by atoms with van der Waals surface area (Å²) in [6, 6.07) is 2.81. The Bertz CT molecular complexity index is 462. The van der Waals surface area contributed by atoms with Gasteiger partial charge in [-0.3, -0.25) is 4.79 Å². The van der Waals surface area contributed by atoms with E-state index in [0.29, 0.717) is 24.5 Å². The van der Waals surface area contributed by atoms with Crippen LogP contribution in [-0.4, -0.2) is 45.1 Å². The Hall–Kier alpha value is -1.78. The number of carbonyl (C=O) groups is 1. The Labute approximate surface area is 99.6 Å². The quantitative estimate of drug-likeness (QED) is 0.740. The van der Waals surface area contributed by atoms with Crippen LogP contribution in [-0.2, 0) is 0 Å². The smallest absolute Gasteiger partial charge is 0.258 e. The minimum atomic E-state index is -0.508. The number of likely N-dealkylation sites (N-methyl/N-ethyl adjacent to an activating group) is 2. The fourth-order valence-electron chi connectivity index (χ4n) is 2.00. The summed E-state index contributed by atoms with van der Waals surface area (Å²) in [5.41, 5.74) is 0.619.